The van der Waals surface area contributed by atoms with Crippen molar-refractivity contribution >= 4 is 17.7 Å². The first-order valence-corrected chi connectivity index (χ1v) is 15.0. The van der Waals surface area contributed by atoms with Gasteiger partial charge in [-0.25, -0.2) is 14.6 Å². The first kappa shape index (κ1) is 31.0. The number of ether oxygens (including phenoxy) is 1. The van der Waals surface area contributed by atoms with E-state index < -0.39 is 23.6 Å². The van der Waals surface area contributed by atoms with E-state index in [0.717, 1.165) is 42.7 Å². The average Bonchev–Trinajstić information content (AvgIpc) is 2.99. The van der Waals surface area contributed by atoms with Crippen molar-refractivity contribution in [3.63, 3.8) is 0 Å². The predicted octanol–water partition coefficient (Wildman–Crippen LogP) is 6.28. The molecule has 2 amide bonds. The monoisotopic (exact) mass is 568 g/mol. The van der Waals surface area contributed by atoms with Gasteiger partial charge in [0.2, 0.25) is 0 Å². The van der Waals surface area contributed by atoms with Gasteiger partial charge in [0.25, 0.3) is 0 Å². The van der Waals surface area contributed by atoms with Gasteiger partial charge in [-0.05, 0) is 65.2 Å². The topological polar surface area (TPSA) is 74.2 Å². The summed E-state index contributed by atoms with van der Waals surface area (Å²) in [6, 6.07) is 28.1. The van der Waals surface area contributed by atoms with Gasteiger partial charge in [-0.1, -0.05) is 97.4 Å². The molecule has 1 N–H and O–H groups in total. The summed E-state index contributed by atoms with van der Waals surface area (Å²) in [6.07, 6.45) is 4.79. The van der Waals surface area contributed by atoms with Crippen molar-refractivity contribution in [2.45, 2.75) is 64.5 Å². The second-order valence-electron chi connectivity index (χ2n) is 11.8. The van der Waals surface area contributed by atoms with Crippen LogP contribution in [-0.4, -0.2) is 65.4 Å². The van der Waals surface area contributed by atoms with Crippen molar-refractivity contribution in [3.05, 3.63) is 108 Å². The van der Waals surface area contributed by atoms with Gasteiger partial charge in [0.15, 0.2) is 0 Å². The molecule has 1 atom stereocenters. The Bertz CT molecular complexity index is 1240. The molecule has 3 aromatic rings. The summed E-state index contributed by atoms with van der Waals surface area (Å²) >= 11 is 0. The average molecular weight is 569 g/mol. The number of nitrogens with zero attached hydrogens (tertiary/aromatic N) is 3. The van der Waals surface area contributed by atoms with Gasteiger partial charge in [0.05, 0.1) is 5.71 Å². The van der Waals surface area contributed by atoms with Crippen LogP contribution in [0.5, 0.6) is 0 Å². The van der Waals surface area contributed by atoms with Crippen LogP contribution in [0.25, 0.3) is 0 Å². The van der Waals surface area contributed by atoms with Gasteiger partial charge in [-0.15, -0.1) is 0 Å². The summed E-state index contributed by atoms with van der Waals surface area (Å²) in [5.41, 5.74) is 2.76. The van der Waals surface area contributed by atoms with E-state index >= 15 is 0 Å². The summed E-state index contributed by atoms with van der Waals surface area (Å²) < 4.78 is 5.72. The molecule has 0 spiro atoms. The van der Waals surface area contributed by atoms with Crippen molar-refractivity contribution < 1.29 is 14.3 Å². The largest absolute Gasteiger partial charge is 0.458 e. The molecule has 7 nitrogen and oxygen atoms in total. The van der Waals surface area contributed by atoms with E-state index in [9.17, 15) is 9.59 Å². The Balaban J connectivity index is 1.63. The molecule has 1 aliphatic heterocycles. The molecule has 222 valence electrons. The standard InChI is InChI=1S/C35H44N4O3/c1-35(2,3)42-33(40)31(27-28-17-8-4-9-18-28)36-34(41)39(26-16-25-38-23-14-7-15-24-38)37-32(29-19-10-5-11-20-29)30-21-12-6-13-22-30/h4-6,8-13,17-22,31H,7,14-16,23-27H2,1-3H3,(H,36,41)/t31-/m1/s1. The number of hydrogen-bond acceptors (Lipinski definition) is 5. The number of hydrogen-bond donors (Lipinski definition) is 1. The molecule has 1 saturated heterocycles. The van der Waals surface area contributed by atoms with Crippen LogP contribution in [0.4, 0.5) is 4.79 Å². The van der Waals surface area contributed by atoms with Crippen molar-refractivity contribution in [2.24, 2.45) is 5.10 Å². The number of esters is 1. The number of carbonyl (C=O) groups is 2. The lowest BCUT2D eigenvalue weighted by Crippen LogP contribution is -2.50. The van der Waals surface area contributed by atoms with E-state index in [4.69, 9.17) is 9.84 Å². The summed E-state index contributed by atoms with van der Waals surface area (Å²) in [5.74, 6) is -0.469. The second kappa shape index (κ2) is 15.3. The zero-order valence-electron chi connectivity index (χ0n) is 25.2. The second-order valence-corrected chi connectivity index (χ2v) is 11.8. The number of urea groups is 1. The van der Waals surface area contributed by atoms with Gasteiger partial charge in [0.1, 0.15) is 11.6 Å². The molecular formula is C35H44N4O3. The van der Waals surface area contributed by atoms with Crippen LogP contribution in [0, 0.1) is 0 Å². The van der Waals surface area contributed by atoms with E-state index in [2.05, 4.69) is 10.2 Å². The van der Waals surface area contributed by atoms with E-state index in [1.54, 1.807) is 0 Å². The first-order valence-electron chi connectivity index (χ1n) is 15.0. The van der Waals surface area contributed by atoms with Crippen LogP contribution in [0.2, 0.25) is 0 Å². The number of hydrazone groups is 1. The van der Waals surface area contributed by atoms with Gasteiger partial charge in [-0.2, -0.15) is 5.10 Å². The Kier molecular flexibility index (Phi) is 11.3. The van der Waals surface area contributed by atoms with Crippen LogP contribution in [-0.2, 0) is 16.0 Å². The number of carbonyl (C=O) groups excluding carboxylic acids is 2. The summed E-state index contributed by atoms with van der Waals surface area (Å²) in [7, 11) is 0. The summed E-state index contributed by atoms with van der Waals surface area (Å²) in [6.45, 7) is 8.97. The van der Waals surface area contributed by atoms with Gasteiger partial charge in [-0.3, -0.25) is 0 Å². The fourth-order valence-corrected chi connectivity index (χ4v) is 5.06. The smallest absolute Gasteiger partial charge is 0.338 e. The minimum absolute atomic E-state index is 0.317. The Hall–Kier alpha value is -3.97. The van der Waals surface area contributed by atoms with Crippen LogP contribution in [0.15, 0.2) is 96.1 Å². The molecule has 0 aliphatic carbocycles. The lowest BCUT2D eigenvalue weighted by molar-refractivity contribution is -0.157. The zero-order valence-corrected chi connectivity index (χ0v) is 25.2. The maximum Gasteiger partial charge on any atom is 0.338 e. The van der Waals surface area contributed by atoms with E-state index in [1.807, 2.05) is 112 Å². The molecule has 0 unspecified atom stereocenters. The Morgan fingerprint density at radius 3 is 1.95 bits per heavy atom. The normalized spacial score (nSPS) is 14.5. The quantitative estimate of drug-likeness (QED) is 0.168. The molecule has 0 aromatic heterocycles. The highest BCUT2D eigenvalue weighted by Gasteiger charge is 2.29. The van der Waals surface area contributed by atoms with Crippen LogP contribution >= 0.6 is 0 Å². The number of nitrogens with one attached hydrogen (secondary N) is 1. The molecule has 1 heterocycles. The van der Waals surface area contributed by atoms with Gasteiger partial charge >= 0.3 is 12.0 Å². The fraction of sp³-hybridized carbons (Fsp3) is 0.400. The summed E-state index contributed by atoms with van der Waals surface area (Å²) in [4.78, 5) is 29.7. The van der Waals surface area contributed by atoms with Crippen LogP contribution < -0.4 is 5.32 Å². The molecular weight excluding hydrogens is 524 g/mol. The van der Waals surface area contributed by atoms with E-state index in [1.165, 1.54) is 24.3 Å². The molecule has 1 aliphatic rings. The number of piperidine rings is 1. The molecule has 0 radical (unpaired) electrons. The number of benzene rings is 3. The van der Waals surface area contributed by atoms with Crippen molar-refractivity contribution in [2.75, 3.05) is 26.2 Å². The fourth-order valence-electron chi connectivity index (χ4n) is 5.06. The number of likely N-dealkylation sites (tertiary alicyclic amines) is 1. The van der Waals surface area contributed by atoms with E-state index in [0.29, 0.717) is 18.7 Å². The van der Waals surface area contributed by atoms with Gasteiger partial charge in [0, 0.05) is 24.1 Å². The number of rotatable bonds is 11. The molecule has 1 fully saturated rings. The highest BCUT2D eigenvalue weighted by atomic mass is 16.6. The highest BCUT2D eigenvalue weighted by molar-refractivity contribution is 6.13. The molecule has 4 rings (SSSR count). The third-order valence-electron chi connectivity index (χ3n) is 7.11. The van der Waals surface area contributed by atoms with Gasteiger partial charge < -0.3 is 15.0 Å². The molecule has 3 aromatic carbocycles. The maximum atomic E-state index is 14.0. The minimum Gasteiger partial charge on any atom is -0.458 e. The van der Waals surface area contributed by atoms with Crippen molar-refractivity contribution in [3.8, 4) is 0 Å². The predicted molar refractivity (Wildman–Crippen MR) is 168 cm³/mol. The SMILES string of the molecule is CC(C)(C)OC(=O)[C@@H](Cc1ccccc1)NC(=O)N(CCCN1CCCCC1)N=C(c1ccccc1)c1ccccc1. The third-order valence-corrected chi connectivity index (χ3v) is 7.11. The van der Waals surface area contributed by atoms with Crippen LogP contribution in [0.3, 0.4) is 0 Å². The Morgan fingerprint density at radius 2 is 1.40 bits per heavy atom. The zero-order chi connectivity index (χ0) is 29.8. The Labute approximate surface area is 250 Å². The maximum absolute atomic E-state index is 14.0. The molecule has 7 heteroatoms. The van der Waals surface area contributed by atoms with E-state index in [-0.39, 0.29) is 0 Å². The minimum atomic E-state index is -0.865. The lowest BCUT2D eigenvalue weighted by Gasteiger charge is -2.28. The molecule has 42 heavy (non-hydrogen) atoms. The summed E-state index contributed by atoms with van der Waals surface area (Å²) in [5, 5.41) is 9.42. The van der Waals surface area contributed by atoms with Crippen LogP contribution in [0.1, 0.15) is 63.1 Å². The lowest BCUT2D eigenvalue weighted by atomic mass is 10.0. The van der Waals surface area contributed by atoms with Crippen molar-refractivity contribution in [1.82, 2.24) is 15.2 Å². The van der Waals surface area contributed by atoms with Crippen molar-refractivity contribution in [1.29, 1.82) is 0 Å². The Morgan fingerprint density at radius 1 is 0.857 bits per heavy atom. The number of amides is 2. The highest BCUT2D eigenvalue weighted by Crippen LogP contribution is 2.16. The third kappa shape index (κ3) is 9.84. The molecule has 0 bridgehead atoms. The first-order chi connectivity index (χ1) is 20.3. The molecule has 0 saturated carbocycles.